The Morgan fingerprint density at radius 3 is 2.69 bits per heavy atom. The molecule has 1 N–H and O–H groups in total. The Kier molecular flexibility index (Phi) is 4.24. The summed E-state index contributed by atoms with van der Waals surface area (Å²) in [5, 5.41) is 17.0. The number of nitrogens with zero attached hydrogens (tertiary/aromatic N) is 5. The first-order chi connectivity index (χ1) is 12.7. The third-order valence-corrected chi connectivity index (χ3v) is 4.55. The van der Waals surface area contributed by atoms with Gasteiger partial charge in [0.1, 0.15) is 6.33 Å². The van der Waals surface area contributed by atoms with Gasteiger partial charge in [0, 0.05) is 22.2 Å². The second-order valence-electron chi connectivity index (χ2n) is 5.59. The van der Waals surface area contributed by atoms with Crippen LogP contribution in [0.15, 0.2) is 60.2 Å². The summed E-state index contributed by atoms with van der Waals surface area (Å²) in [4.78, 5) is 17.0. The lowest BCUT2D eigenvalue weighted by atomic mass is 10.1. The smallest absolute Gasteiger partial charge is 0.255 e. The van der Waals surface area contributed by atoms with E-state index >= 15 is 0 Å². The first kappa shape index (κ1) is 16.1. The molecule has 2 aromatic heterocycles. The molecule has 1 amide bonds. The van der Waals surface area contributed by atoms with Gasteiger partial charge in [0.05, 0.1) is 16.4 Å². The van der Waals surface area contributed by atoms with Crippen molar-refractivity contribution in [2.24, 2.45) is 0 Å². The number of rotatable bonds is 4. The van der Waals surface area contributed by atoms with E-state index in [-0.39, 0.29) is 5.91 Å². The summed E-state index contributed by atoms with van der Waals surface area (Å²) in [7, 11) is 0. The molecule has 0 bridgehead atoms. The number of thiazole rings is 1. The van der Waals surface area contributed by atoms with Gasteiger partial charge in [0.2, 0.25) is 0 Å². The Balaban J connectivity index is 1.50. The quantitative estimate of drug-likeness (QED) is 0.602. The van der Waals surface area contributed by atoms with E-state index in [0.29, 0.717) is 5.56 Å². The lowest BCUT2D eigenvalue weighted by Crippen LogP contribution is -2.12. The summed E-state index contributed by atoms with van der Waals surface area (Å²) in [5.41, 5.74) is 3.93. The van der Waals surface area contributed by atoms with E-state index in [1.165, 1.54) is 11.0 Å². The average molecular weight is 362 g/mol. The van der Waals surface area contributed by atoms with Gasteiger partial charge in [0.25, 0.3) is 5.91 Å². The van der Waals surface area contributed by atoms with Crippen molar-refractivity contribution in [3.8, 4) is 16.9 Å². The molecule has 0 aliphatic carbocycles. The van der Waals surface area contributed by atoms with Gasteiger partial charge in [-0.15, -0.1) is 16.4 Å². The number of aromatic nitrogens is 5. The Hall–Kier alpha value is -3.39. The van der Waals surface area contributed by atoms with E-state index in [2.05, 4.69) is 25.8 Å². The predicted octanol–water partition coefficient (Wildman–Crippen LogP) is 3.35. The highest BCUT2D eigenvalue weighted by atomic mass is 32.1. The number of amides is 1. The molecule has 128 valence electrons. The van der Waals surface area contributed by atoms with Crippen LogP contribution >= 0.6 is 11.3 Å². The van der Waals surface area contributed by atoms with Crippen LogP contribution < -0.4 is 5.32 Å². The number of hydrogen-bond acceptors (Lipinski definition) is 6. The molecule has 0 unspecified atom stereocenters. The number of anilines is 1. The van der Waals surface area contributed by atoms with Crippen LogP contribution in [0.25, 0.3) is 16.9 Å². The summed E-state index contributed by atoms with van der Waals surface area (Å²) in [6.07, 6.45) is 1.48. The van der Waals surface area contributed by atoms with Gasteiger partial charge in [-0.25, -0.2) is 9.67 Å². The van der Waals surface area contributed by atoms with Gasteiger partial charge in [-0.3, -0.25) is 4.79 Å². The Morgan fingerprint density at radius 2 is 2.00 bits per heavy atom. The number of carbonyl (C=O) groups is 1. The van der Waals surface area contributed by atoms with Gasteiger partial charge in [-0.1, -0.05) is 18.2 Å². The fourth-order valence-corrected chi connectivity index (χ4v) is 3.11. The second kappa shape index (κ2) is 6.85. The van der Waals surface area contributed by atoms with Crippen LogP contribution in [-0.2, 0) is 0 Å². The third kappa shape index (κ3) is 3.35. The van der Waals surface area contributed by atoms with Gasteiger partial charge >= 0.3 is 0 Å². The van der Waals surface area contributed by atoms with Crippen LogP contribution in [0.3, 0.4) is 0 Å². The van der Waals surface area contributed by atoms with Crippen molar-refractivity contribution < 1.29 is 4.79 Å². The largest absolute Gasteiger partial charge is 0.322 e. The Morgan fingerprint density at radius 1 is 1.15 bits per heavy atom. The maximum absolute atomic E-state index is 12.5. The van der Waals surface area contributed by atoms with Crippen molar-refractivity contribution in [3.05, 3.63) is 70.8 Å². The first-order valence-corrected chi connectivity index (χ1v) is 8.74. The zero-order valence-electron chi connectivity index (χ0n) is 13.8. The molecule has 2 heterocycles. The summed E-state index contributed by atoms with van der Waals surface area (Å²) in [5.74, 6) is -0.197. The van der Waals surface area contributed by atoms with E-state index in [1.807, 2.05) is 42.6 Å². The summed E-state index contributed by atoms with van der Waals surface area (Å²) < 4.78 is 1.50. The number of carbonyl (C=O) groups excluding carboxylic acids is 1. The summed E-state index contributed by atoms with van der Waals surface area (Å²) in [6.45, 7) is 1.98. The molecule has 0 atom stereocenters. The molecule has 4 aromatic rings. The fraction of sp³-hybridized carbons (Fsp3) is 0.0556. The molecule has 4 rings (SSSR count). The first-order valence-electron chi connectivity index (χ1n) is 7.86. The highest BCUT2D eigenvalue weighted by Gasteiger charge is 2.09. The summed E-state index contributed by atoms with van der Waals surface area (Å²) >= 11 is 1.61. The molecule has 0 aliphatic heterocycles. The van der Waals surface area contributed by atoms with Crippen LogP contribution in [0.5, 0.6) is 0 Å². The van der Waals surface area contributed by atoms with Crippen molar-refractivity contribution in [1.29, 1.82) is 0 Å². The predicted molar refractivity (Wildman–Crippen MR) is 99.4 cm³/mol. The average Bonchev–Trinajstić information content (AvgIpc) is 3.34. The van der Waals surface area contributed by atoms with Crippen molar-refractivity contribution in [2.75, 3.05) is 5.32 Å². The molecular formula is C18H14N6OS. The van der Waals surface area contributed by atoms with Gasteiger partial charge in [0.15, 0.2) is 0 Å². The lowest BCUT2D eigenvalue weighted by Gasteiger charge is -2.07. The van der Waals surface area contributed by atoms with Crippen LogP contribution in [0.2, 0.25) is 0 Å². The molecule has 0 spiro atoms. The molecule has 26 heavy (non-hydrogen) atoms. The Bertz CT molecular complexity index is 1040. The molecule has 0 fully saturated rings. The van der Waals surface area contributed by atoms with E-state index in [9.17, 15) is 4.79 Å². The van der Waals surface area contributed by atoms with Crippen molar-refractivity contribution >= 4 is 22.9 Å². The fourth-order valence-electron chi connectivity index (χ4n) is 2.49. The summed E-state index contributed by atoms with van der Waals surface area (Å²) in [6, 6.07) is 14.7. The number of hydrogen-bond donors (Lipinski definition) is 1. The minimum atomic E-state index is -0.197. The second-order valence-corrected chi connectivity index (χ2v) is 6.65. The van der Waals surface area contributed by atoms with E-state index in [0.717, 1.165) is 27.6 Å². The molecule has 2 aromatic carbocycles. The van der Waals surface area contributed by atoms with Crippen LogP contribution in [0.1, 0.15) is 15.4 Å². The Labute approximate surface area is 153 Å². The molecular weight excluding hydrogens is 348 g/mol. The van der Waals surface area contributed by atoms with Gasteiger partial charge in [-0.2, -0.15) is 0 Å². The van der Waals surface area contributed by atoms with Crippen LogP contribution in [-0.4, -0.2) is 31.1 Å². The van der Waals surface area contributed by atoms with Crippen LogP contribution in [0, 0.1) is 6.92 Å². The molecule has 0 saturated heterocycles. The monoisotopic (exact) mass is 362 g/mol. The molecule has 0 aliphatic rings. The molecule has 0 radical (unpaired) electrons. The lowest BCUT2D eigenvalue weighted by molar-refractivity contribution is 0.102. The van der Waals surface area contributed by atoms with Crippen molar-refractivity contribution in [3.63, 3.8) is 0 Å². The minimum absolute atomic E-state index is 0.197. The third-order valence-electron chi connectivity index (χ3n) is 3.78. The topological polar surface area (TPSA) is 85.6 Å². The van der Waals surface area contributed by atoms with Gasteiger partial charge < -0.3 is 5.32 Å². The number of tetrazole rings is 1. The maximum atomic E-state index is 12.5. The molecule has 8 heteroatoms. The normalized spacial score (nSPS) is 10.7. The number of benzene rings is 2. The zero-order chi connectivity index (χ0) is 17.9. The minimum Gasteiger partial charge on any atom is -0.322 e. The molecule has 0 saturated carbocycles. The number of nitrogens with one attached hydrogen (secondary N) is 1. The molecule has 7 nitrogen and oxygen atoms in total. The van der Waals surface area contributed by atoms with E-state index < -0.39 is 0 Å². The highest BCUT2D eigenvalue weighted by Crippen LogP contribution is 2.23. The standard InChI is InChI=1S/C18H14N6OS/c1-12-20-17(10-26-12)13-5-7-15(8-6-13)21-18(25)14-3-2-4-16(9-14)24-11-19-22-23-24/h2-11H,1H3,(H,21,25). The zero-order valence-corrected chi connectivity index (χ0v) is 14.6. The van der Waals surface area contributed by atoms with Crippen LogP contribution in [0.4, 0.5) is 5.69 Å². The van der Waals surface area contributed by atoms with E-state index in [1.54, 1.807) is 29.5 Å². The maximum Gasteiger partial charge on any atom is 0.255 e. The van der Waals surface area contributed by atoms with Gasteiger partial charge in [-0.05, 0) is 47.7 Å². The highest BCUT2D eigenvalue weighted by molar-refractivity contribution is 7.09. The van der Waals surface area contributed by atoms with Crippen molar-refractivity contribution in [1.82, 2.24) is 25.2 Å². The SMILES string of the molecule is Cc1nc(-c2ccc(NC(=O)c3cccc(-n4cnnn4)c3)cc2)cs1. The number of aryl methyl sites for hydroxylation is 1. The van der Waals surface area contributed by atoms with Crippen molar-refractivity contribution in [2.45, 2.75) is 6.92 Å². The van der Waals surface area contributed by atoms with E-state index in [4.69, 9.17) is 0 Å².